The quantitative estimate of drug-likeness (QED) is 0.772. The molecule has 1 atom stereocenters. The van der Waals surface area contributed by atoms with E-state index >= 15 is 0 Å². The predicted molar refractivity (Wildman–Crippen MR) is 66.2 cm³/mol. The van der Waals surface area contributed by atoms with Crippen LogP contribution in [0.15, 0.2) is 0 Å². The Balaban J connectivity index is 2.11. The van der Waals surface area contributed by atoms with E-state index in [1.807, 2.05) is 0 Å². The fourth-order valence-electron chi connectivity index (χ4n) is 3.06. The number of carbonyl (C=O) groups is 1. The molecule has 0 aromatic heterocycles. The van der Waals surface area contributed by atoms with Crippen molar-refractivity contribution in [1.29, 1.82) is 0 Å². The summed E-state index contributed by atoms with van der Waals surface area (Å²) in [6, 6.07) is -0.0712. The van der Waals surface area contributed by atoms with E-state index in [9.17, 15) is 13.2 Å². The molecule has 1 unspecified atom stereocenters. The van der Waals surface area contributed by atoms with Crippen molar-refractivity contribution in [2.24, 2.45) is 0 Å². The van der Waals surface area contributed by atoms with E-state index in [2.05, 4.69) is 0 Å². The highest BCUT2D eigenvalue weighted by Crippen LogP contribution is 2.32. The summed E-state index contributed by atoms with van der Waals surface area (Å²) in [7, 11) is -3.15. The molecule has 2 rings (SSSR count). The van der Waals surface area contributed by atoms with E-state index in [1.165, 1.54) is 0 Å². The molecule has 1 aliphatic heterocycles. The second-order valence-electron chi connectivity index (χ2n) is 5.26. The number of ketones is 1. The molecule has 2 fully saturated rings. The highest BCUT2D eigenvalue weighted by molar-refractivity contribution is 7.89. The first-order valence-electron chi connectivity index (χ1n) is 6.52. The van der Waals surface area contributed by atoms with Crippen molar-refractivity contribution in [2.75, 3.05) is 6.54 Å². The van der Waals surface area contributed by atoms with Crippen molar-refractivity contribution in [3.05, 3.63) is 0 Å². The number of nitrogens with zero attached hydrogens (tertiary/aromatic N) is 1. The summed E-state index contributed by atoms with van der Waals surface area (Å²) in [6.45, 7) is 2.15. The molecule has 0 amide bonds. The number of carbonyl (C=O) groups excluding carboxylic acids is 1. The number of hydrogen-bond donors (Lipinski definition) is 0. The third-order valence-electron chi connectivity index (χ3n) is 3.90. The molecule has 0 bridgehead atoms. The van der Waals surface area contributed by atoms with Crippen LogP contribution in [0.2, 0.25) is 0 Å². The second-order valence-corrected chi connectivity index (χ2v) is 7.43. The minimum atomic E-state index is -3.15. The highest BCUT2D eigenvalue weighted by Gasteiger charge is 2.40. The molecule has 2 aliphatic rings. The monoisotopic (exact) mass is 259 g/mol. The first-order chi connectivity index (χ1) is 8.01. The third-order valence-corrected chi connectivity index (χ3v) is 6.34. The molecule has 0 spiro atoms. The average Bonchev–Trinajstić information content (AvgIpc) is 2.85. The van der Waals surface area contributed by atoms with Crippen LogP contribution in [-0.2, 0) is 14.8 Å². The van der Waals surface area contributed by atoms with Gasteiger partial charge in [0.2, 0.25) is 10.0 Å². The molecule has 0 aromatic rings. The zero-order valence-electron chi connectivity index (χ0n) is 10.4. The summed E-state index contributed by atoms with van der Waals surface area (Å²) in [5.41, 5.74) is 0. The van der Waals surface area contributed by atoms with Crippen LogP contribution in [0.25, 0.3) is 0 Å². The van der Waals surface area contributed by atoms with E-state index in [4.69, 9.17) is 0 Å². The lowest BCUT2D eigenvalue weighted by molar-refractivity contribution is -0.117. The van der Waals surface area contributed by atoms with Gasteiger partial charge in [0.1, 0.15) is 5.78 Å². The van der Waals surface area contributed by atoms with Gasteiger partial charge in [-0.05, 0) is 32.6 Å². The van der Waals surface area contributed by atoms with Crippen LogP contribution in [0.3, 0.4) is 0 Å². The molecule has 4 nitrogen and oxygen atoms in total. The zero-order chi connectivity index (χ0) is 12.5. The van der Waals surface area contributed by atoms with Crippen LogP contribution in [-0.4, -0.2) is 36.3 Å². The Labute approximate surface area is 103 Å². The summed E-state index contributed by atoms with van der Waals surface area (Å²) < 4.78 is 26.5. The first-order valence-corrected chi connectivity index (χ1v) is 8.02. The van der Waals surface area contributed by atoms with Gasteiger partial charge in [-0.2, -0.15) is 4.31 Å². The summed E-state index contributed by atoms with van der Waals surface area (Å²) in [6.07, 6.45) is 5.75. The molecule has 1 heterocycles. The minimum Gasteiger partial charge on any atom is -0.300 e. The Hall–Kier alpha value is -0.420. The van der Waals surface area contributed by atoms with Crippen LogP contribution in [0.1, 0.15) is 51.9 Å². The second kappa shape index (κ2) is 5.06. The van der Waals surface area contributed by atoms with E-state index in [-0.39, 0.29) is 17.1 Å². The van der Waals surface area contributed by atoms with Crippen molar-refractivity contribution in [1.82, 2.24) is 4.31 Å². The molecule has 17 heavy (non-hydrogen) atoms. The standard InChI is InChI=1S/C12H21NO3S/c1-10(14)9-11-5-4-8-13(11)17(15,16)12-6-2-3-7-12/h11-12H,2-9H2,1H3. The first kappa shape index (κ1) is 13.0. The molecule has 1 aliphatic carbocycles. The molecular formula is C12H21NO3S. The highest BCUT2D eigenvalue weighted by atomic mass is 32.2. The lowest BCUT2D eigenvalue weighted by Gasteiger charge is -2.26. The van der Waals surface area contributed by atoms with Crippen LogP contribution in [0.4, 0.5) is 0 Å². The number of rotatable bonds is 4. The van der Waals surface area contributed by atoms with Gasteiger partial charge >= 0.3 is 0 Å². The van der Waals surface area contributed by atoms with E-state index in [0.717, 1.165) is 38.5 Å². The van der Waals surface area contributed by atoms with Crippen LogP contribution in [0.5, 0.6) is 0 Å². The molecule has 5 heteroatoms. The Morgan fingerprint density at radius 1 is 1.18 bits per heavy atom. The number of Topliss-reactive ketones (excluding diaryl/α,β-unsaturated/α-hetero) is 1. The minimum absolute atomic E-state index is 0.0712. The van der Waals surface area contributed by atoms with Gasteiger partial charge in [0, 0.05) is 19.0 Å². The molecule has 1 saturated carbocycles. The van der Waals surface area contributed by atoms with Crippen molar-refractivity contribution in [3.63, 3.8) is 0 Å². The van der Waals surface area contributed by atoms with Gasteiger partial charge in [0.05, 0.1) is 5.25 Å². The maximum atomic E-state index is 12.4. The summed E-state index contributed by atoms with van der Waals surface area (Å²) in [5, 5.41) is -0.185. The van der Waals surface area contributed by atoms with Crippen LogP contribution < -0.4 is 0 Å². The maximum Gasteiger partial charge on any atom is 0.217 e. The van der Waals surface area contributed by atoms with Gasteiger partial charge in [-0.15, -0.1) is 0 Å². The maximum absolute atomic E-state index is 12.4. The molecule has 1 saturated heterocycles. The summed E-state index contributed by atoms with van der Waals surface area (Å²) in [4.78, 5) is 11.2. The molecule has 0 N–H and O–H groups in total. The predicted octanol–water partition coefficient (Wildman–Crippen LogP) is 1.70. The fourth-order valence-corrected chi connectivity index (χ4v) is 5.35. The SMILES string of the molecule is CC(=O)CC1CCCN1S(=O)(=O)C1CCCC1. The van der Waals surface area contributed by atoms with Crippen molar-refractivity contribution in [2.45, 2.75) is 63.2 Å². The number of hydrogen-bond acceptors (Lipinski definition) is 3. The Morgan fingerprint density at radius 2 is 1.82 bits per heavy atom. The fraction of sp³-hybridized carbons (Fsp3) is 0.917. The molecule has 0 radical (unpaired) electrons. The van der Waals surface area contributed by atoms with Gasteiger partial charge < -0.3 is 0 Å². The normalized spacial score (nSPS) is 27.7. The lowest BCUT2D eigenvalue weighted by atomic mass is 10.1. The largest absolute Gasteiger partial charge is 0.300 e. The smallest absolute Gasteiger partial charge is 0.217 e. The lowest BCUT2D eigenvalue weighted by Crippen LogP contribution is -2.41. The Morgan fingerprint density at radius 3 is 2.41 bits per heavy atom. The topological polar surface area (TPSA) is 54.5 Å². The van der Waals surface area contributed by atoms with Crippen molar-refractivity contribution < 1.29 is 13.2 Å². The van der Waals surface area contributed by atoms with E-state index < -0.39 is 10.0 Å². The molecule has 0 aromatic carbocycles. The van der Waals surface area contributed by atoms with Gasteiger partial charge in [-0.25, -0.2) is 8.42 Å². The van der Waals surface area contributed by atoms with Gasteiger partial charge in [-0.3, -0.25) is 4.79 Å². The zero-order valence-corrected chi connectivity index (χ0v) is 11.2. The molecular weight excluding hydrogens is 238 g/mol. The van der Waals surface area contributed by atoms with Crippen LogP contribution in [0, 0.1) is 0 Å². The third kappa shape index (κ3) is 2.71. The summed E-state index contributed by atoms with van der Waals surface area (Å²) >= 11 is 0. The van der Waals surface area contributed by atoms with Gasteiger partial charge in [-0.1, -0.05) is 12.8 Å². The summed E-state index contributed by atoms with van der Waals surface area (Å²) in [5.74, 6) is 0.0866. The van der Waals surface area contributed by atoms with Gasteiger partial charge in [0.25, 0.3) is 0 Å². The van der Waals surface area contributed by atoms with Crippen LogP contribution >= 0.6 is 0 Å². The van der Waals surface area contributed by atoms with Crippen molar-refractivity contribution in [3.8, 4) is 0 Å². The average molecular weight is 259 g/mol. The van der Waals surface area contributed by atoms with E-state index in [1.54, 1.807) is 11.2 Å². The Kier molecular flexibility index (Phi) is 3.88. The molecule has 98 valence electrons. The van der Waals surface area contributed by atoms with Crippen molar-refractivity contribution >= 4 is 15.8 Å². The van der Waals surface area contributed by atoms with E-state index in [0.29, 0.717) is 13.0 Å². The Bertz CT molecular complexity index is 385. The number of sulfonamides is 1. The van der Waals surface area contributed by atoms with Gasteiger partial charge in [0.15, 0.2) is 0 Å².